The molecule has 0 amide bonds. The summed E-state index contributed by atoms with van der Waals surface area (Å²) >= 11 is 1.11. The summed E-state index contributed by atoms with van der Waals surface area (Å²) < 4.78 is 20.2. The zero-order chi connectivity index (χ0) is 20.9. The van der Waals surface area contributed by atoms with Gasteiger partial charge in [0.05, 0.1) is 16.3 Å². The maximum absolute atomic E-state index is 13.8. The summed E-state index contributed by atoms with van der Waals surface area (Å²) in [5.41, 5.74) is 1.03. The van der Waals surface area contributed by atoms with Crippen LogP contribution in [-0.4, -0.2) is 45.3 Å². The Bertz CT molecular complexity index is 1250. The molecular weight excluding hydrogens is 407 g/mol. The van der Waals surface area contributed by atoms with Gasteiger partial charge in [-0.15, -0.1) is 0 Å². The number of fused-ring (bicyclic) bond motifs is 2. The van der Waals surface area contributed by atoms with Gasteiger partial charge in [0.15, 0.2) is 11.6 Å². The highest BCUT2D eigenvalue weighted by molar-refractivity contribution is 7.16. The molecule has 2 aromatic carbocycles. The fourth-order valence-corrected chi connectivity index (χ4v) is 4.78. The van der Waals surface area contributed by atoms with Crippen molar-refractivity contribution in [3.8, 4) is 5.75 Å². The van der Waals surface area contributed by atoms with Crippen LogP contribution in [0.5, 0.6) is 5.75 Å². The maximum Gasteiger partial charge on any atom is 0.305 e. The molecule has 2 heterocycles. The highest BCUT2D eigenvalue weighted by Crippen LogP contribution is 2.37. The zero-order valence-corrected chi connectivity index (χ0v) is 16.7. The van der Waals surface area contributed by atoms with Gasteiger partial charge in [0.2, 0.25) is 0 Å². The van der Waals surface area contributed by atoms with Gasteiger partial charge >= 0.3 is 4.87 Å². The average Bonchev–Trinajstić information content (AvgIpc) is 3.30. The van der Waals surface area contributed by atoms with E-state index in [4.69, 9.17) is 4.74 Å². The Kier molecular flexibility index (Phi) is 4.59. The van der Waals surface area contributed by atoms with Crippen molar-refractivity contribution in [2.24, 2.45) is 0 Å². The molecule has 8 heteroatoms. The number of nitrogens with zero attached hydrogens (tertiary/aromatic N) is 1. The third-order valence-corrected chi connectivity index (χ3v) is 6.28. The molecule has 1 aromatic heterocycles. The summed E-state index contributed by atoms with van der Waals surface area (Å²) in [5, 5.41) is 21.6. The Labute approximate surface area is 175 Å². The van der Waals surface area contributed by atoms with Crippen LogP contribution >= 0.6 is 11.3 Å². The van der Waals surface area contributed by atoms with Crippen LogP contribution in [0.15, 0.2) is 70.7 Å². The lowest BCUT2D eigenvalue weighted by atomic mass is 10.0. The van der Waals surface area contributed by atoms with E-state index < -0.39 is 17.5 Å². The SMILES string of the molecule is O=c1[nH]c2ccc([C@@H](O)CN3CC4=CC(Oc5ccccc5F)=C[C@@]4(O)C3)cc2s1. The van der Waals surface area contributed by atoms with Gasteiger partial charge in [0.1, 0.15) is 11.4 Å². The third kappa shape index (κ3) is 3.48. The molecule has 6 nitrogen and oxygen atoms in total. The van der Waals surface area contributed by atoms with Crippen LogP contribution in [-0.2, 0) is 0 Å². The minimum atomic E-state index is -1.19. The summed E-state index contributed by atoms with van der Waals surface area (Å²) in [4.78, 5) is 16.0. The van der Waals surface area contributed by atoms with Crippen molar-refractivity contribution >= 4 is 21.6 Å². The van der Waals surface area contributed by atoms with E-state index in [1.54, 1.807) is 36.4 Å². The Balaban J connectivity index is 1.27. The largest absolute Gasteiger partial charge is 0.455 e. The number of allylic oxidation sites excluding steroid dienone is 1. The lowest BCUT2D eigenvalue weighted by Gasteiger charge is -2.22. The van der Waals surface area contributed by atoms with Crippen molar-refractivity contribution in [3.63, 3.8) is 0 Å². The van der Waals surface area contributed by atoms with E-state index in [1.165, 1.54) is 12.1 Å². The minimum Gasteiger partial charge on any atom is -0.455 e. The Morgan fingerprint density at radius 1 is 1.30 bits per heavy atom. The summed E-state index contributed by atoms with van der Waals surface area (Å²) in [6, 6.07) is 11.5. The number of aliphatic hydroxyl groups excluding tert-OH is 1. The number of hydrogen-bond acceptors (Lipinski definition) is 6. The number of H-pyrrole nitrogens is 1. The number of β-amino-alcohol motifs (C(OH)–C–C–N with tert-alkyl or cyclic N) is 2. The first-order chi connectivity index (χ1) is 14.4. The van der Waals surface area contributed by atoms with E-state index in [9.17, 15) is 19.4 Å². The molecule has 1 saturated heterocycles. The van der Waals surface area contributed by atoms with E-state index in [0.717, 1.165) is 32.7 Å². The van der Waals surface area contributed by atoms with E-state index in [1.807, 2.05) is 11.0 Å². The predicted molar refractivity (Wildman–Crippen MR) is 112 cm³/mol. The number of hydrogen-bond donors (Lipinski definition) is 3. The van der Waals surface area contributed by atoms with E-state index in [-0.39, 0.29) is 10.6 Å². The average molecular weight is 426 g/mol. The monoisotopic (exact) mass is 426 g/mol. The van der Waals surface area contributed by atoms with Gasteiger partial charge < -0.3 is 19.9 Å². The first-order valence-electron chi connectivity index (χ1n) is 9.51. The molecule has 0 saturated carbocycles. The van der Waals surface area contributed by atoms with Gasteiger partial charge in [-0.2, -0.15) is 0 Å². The topological polar surface area (TPSA) is 85.8 Å². The van der Waals surface area contributed by atoms with Crippen LogP contribution in [0, 0.1) is 5.82 Å². The molecule has 1 fully saturated rings. The lowest BCUT2D eigenvalue weighted by molar-refractivity contribution is 0.0906. The molecule has 154 valence electrons. The fourth-order valence-electron chi connectivity index (χ4n) is 4.00. The van der Waals surface area contributed by atoms with Crippen LogP contribution in [0.1, 0.15) is 11.7 Å². The maximum atomic E-state index is 13.8. The molecule has 2 atom stereocenters. The van der Waals surface area contributed by atoms with Gasteiger partial charge in [0, 0.05) is 19.6 Å². The number of likely N-dealkylation sites (tertiary alicyclic amines) is 1. The summed E-state index contributed by atoms with van der Waals surface area (Å²) in [7, 11) is 0. The van der Waals surface area contributed by atoms with Gasteiger partial charge in [-0.1, -0.05) is 29.5 Å². The molecule has 5 rings (SSSR count). The number of aliphatic hydroxyl groups is 2. The highest BCUT2D eigenvalue weighted by Gasteiger charge is 2.43. The number of halogens is 1. The van der Waals surface area contributed by atoms with Crippen molar-refractivity contribution in [2.75, 3.05) is 19.6 Å². The number of rotatable bonds is 5. The van der Waals surface area contributed by atoms with Gasteiger partial charge in [-0.25, -0.2) is 4.39 Å². The van der Waals surface area contributed by atoms with Crippen molar-refractivity contribution in [1.82, 2.24) is 9.88 Å². The summed E-state index contributed by atoms with van der Waals surface area (Å²) in [5.74, 6) is 0.0551. The molecule has 1 aliphatic heterocycles. The van der Waals surface area contributed by atoms with E-state index >= 15 is 0 Å². The standard InChI is InChI=1S/C22H19FN2O4S/c23-16-3-1-2-4-19(16)29-15-8-14-10-25(12-22(14,28)9-15)11-18(26)13-5-6-17-20(7-13)30-21(27)24-17/h1-9,18,26,28H,10-12H2,(H,24,27)/t18-,22+/m0/s1. The number of nitrogens with one attached hydrogen (secondary N) is 1. The normalized spacial score (nSPS) is 22.1. The Morgan fingerprint density at radius 2 is 2.13 bits per heavy atom. The number of aromatic amines is 1. The number of ether oxygens (including phenoxy) is 1. The molecule has 0 spiro atoms. The van der Waals surface area contributed by atoms with Crippen LogP contribution in [0.4, 0.5) is 4.39 Å². The summed E-state index contributed by atoms with van der Waals surface area (Å²) in [6.07, 6.45) is 2.56. The van der Waals surface area contributed by atoms with E-state index in [2.05, 4.69) is 4.98 Å². The quantitative estimate of drug-likeness (QED) is 0.584. The predicted octanol–water partition coefficient (Wildman–Crippen LogP) is 2.71. The van der Waals surface area contributed by atoms with Gasteiger partial charge in [-0.3, -0.25) is 9.69 Å². The molecule has 0 unspecified atom stereocenters. The molecule has 1 aliphatic carbocycles. The third-order valence-electron chi connectivity index (χ3n) is 5.44. The van der Waals surface area contributed by atoms with Crippen LogP contribution in [0.3, 0.4) is 0 Å². The second kappa shape index (κ2) is 7.17. The second-order valence-electron chi connectivity index (χ2n) is 7.63. The molecule has 0 bridgehead atoms. The number of benzene rings is 2. The highest BCUT2D eigenvalue weighted by atomic mass is 32.1. The van der Waals surface area contributed by atoms with Crippen molar-refractivity contribution in [1.29, 1.82) is 0 Å². The smallest absolute Gasteiger partial charge is 0.305 e. The molecule has 3 N–H and O–H groups in total. The molecule has 3 aromatic rings. The zero-order valence-electron chi connectivity index (χ0n) is 15.8. The molecule has 0 radical (unpaired) electrons. The van der Waals surface area contributed by atoms with Crippen molar-refractivity contribution < 1.29 is 19.3 Å². The van der Waals surface area contributed by atoms with Crippen LogP contribution < -0.4 is 9.61 Å². The first kappa shape index (κ1) is 19.2. The fraction of sp³-hybridized carbons (Fsp3) is 0.227. The second-order valence-corrected chi connectivity index (χ2v) is 8.64. The Hall–Kier alpha value is -2.78. The van der Waals surface area contributed by atoms with Gasteiger partial charge in [0.25, 0.3) is 0 Å². The molecule has 30 heavy (non-hydrogen) atoms. The van der Waals surface area contributed by atoms with E-state index in [0.29, 0.717) is 25.4 Å². The minimum absolute atomic E-state index is 0.110. The summed E-state index contributed by atoms with van der Waals surface area (Å²) in [6.45, 7) is 1.11. The number of para-hydroxylation sites is 1. The Morgan fingerprint density at radius 3 is 2.93 bits per heavy atom. The molecular formula is C22H19FN2O4S. The molecule has 2 aliphatic rings. The first-order valence-corrected chi connectivity index (χ1v) is 10.3. The number of aromatic nitrogens is 1. The van der Waals surface area contributed by atoms with Crippen molar-refractivity contribution in [2.45, 2.75) is 11.7 Å². The van der Waals surface area contributed by atoms with Crippen LogP contribution in [0.25, 0.3) is 10.2 Å². The van der Waals surface area contributed by atoms with Crippen LogP contribution in [0.2, 0.25) is 0 Å². The van der Waals surface area contributed by atoms with Crippen molar-refractivity contribution in [3.05, 3.63) is 87.0 Å². The lowest BCUT2D eigenvalue weighted by Crippen LogP contribution is -2.33. The van der Waals surface area contributed by atoms with Gasteiger partial charge in [-0.05, 0) is 47.6 Å². The number of thiazole rings is 1.